The molecule has 0 radical (unpaired) electrons. The van der Waals surface area contributed by atoms with Crippen LogP contribution in [0.5, 0.6) is 0 Å². The van der Waals surface area contributed by atoms with Gasteiger partial charge in [-0.2, -0.15) is 15.4 Å². The van der Waals surface area contributed by atoms with Crippen LogP contribution < -0.4 is 10.6 Å². The van der Waals surface area contributed by atoms with Crippen LogP contribution in [0.15, 0.2) is 24.4 Å². The van der Waals surface area contributed by atoms with Crippen LogP contribution in [0.1, 0.15) is 29.9 Å². The van der Waals surface area contributed by atoms with E-state index in [2.05, 4.69) is 26.0 Å². The largest absolute Gasteiger partial charge is 0.326 e. The van der Waals surface area contributed by atoms with Gasteiger partial charge in [-0.25, -0.2) is 0 Å². The number of hydrogen-bond acceptors (Lipinski definition) is 4. The van der Waals surface area contributed by atoms with Crippen LogP contribution >= 0.6 is 0 Å². The van der Waals surface area contributed by atoms with Crippen LogP contribution in [0.3, 0.4) is 0 Å². The maximum Gasteiger partial charge on any atom is 0.277 e. The summed E-state index contributed by atoms with van der Waals surface area (Å²) in [6.07, 6.45) is 2.10. The van der Waals surface area contributed by atoms with Gasteiger partial charge in [0.05, 0.1) is 6.20 Å². The summed E-state index contributed by atoms with van der Waals surface area (Å²) in [5.41, 5.74) is 2.45. The molecular weight excluding hydrogens is 258 g/mol. The first kappa shape index (κ1) is 13.7. The molecule has 0 saturated carbocycles. The molecule has 0 spiro atoms. The molecule has 7 heteroatoms. The quantitative estimate of drug-likeness (QED) is 0.787. The highest BCUT2D eigenvalue weighted by Gasteiger charge is 2.11. The second-order valence-electron chi connectivity index (χ2n) is 4.22. The van der Waals surface area contributed by atoms with E-state index in [0.717, 1.165) is 12.0 Å². The normalized spacial score (nSPS) is 10.1. The lowest BCUT2D eigenvalue weighted by Gasteiger charge is -2.11. The molecule has 0 atom stereocenters. The minimum absolute atomic E-state index is 0.164. The summed E-state index contributed by atoms with van der Waals surface area (Å²) in [6.45, 7) is 3.42. The number of amides is 2. The molecule has 104 valence electrons. The number of rotatable bonds is 4. The van der Waals surface area contributed by atoms with Crippen molar-refractivity contribution in [2.24, 2.45) is 0 Å². The summed E-state index contributed by atoms with van der Waals surface area (Å²) < 4.78 is 0. The van der Waals surface area contributed by atoms with Crippen molar-refractivity contribution >= 4 is 23.2 Å². The lowest BCUT2D eigenvalue weighted by molar-refractivity contribution is -0.114. The smallest absolute Gasteiger partial charge is 0.277 e. The molecule has 1 aromatic heterocycles. The van der Waals surface area contributed by atoms with Crippen molar-refractivity contribution in [1.29, 1.82) is 0 Å². The topological polar surface area (TPSA) is 99.8 Å². The Labute approximate surface area is 115 Å². The van der Waals surface area contributed by atoms with E-state index in [9.17, 15) is 9.59 Å². The van der Waals surface area contributed by atoms with Gasteiger partial charge in [-0.3, -0.25) is 9.59 Å². The van der Waals surface area contributed by atoms with Gasteiger partial charge in [0.15, 0.2) is 5.69 Å². The van der Waals surface area contributed by atoms with Crippen molar-refractivity contribution in [2.45, 2.75) is 20.3 Å². The molecule has 1 heterocycles. The van der Waals surface area contributed by atoms with Crippen molar-refractivity contribution in [3.63, 3.8) is 0 Å². The second kappa shape index (κ2) is 5.96. The Morgan fingerprint density at radius 1 is 1.30 bits per heavy atom. The first-order chi connectivity index (χ1) is 9.60. The van der Waals surface area contributed by atoms with Crippen LogP contribution in [0.4, 0.5) is 11.4 Å². The van der Waals surface area contributed by atoms with Crippen LogP contribution in [0.2, 0.25) is 0 Å². The number of carbonyl (C=O) groups excluding carboxylic acids is 2. The van der Waals surface area contributed by atoms with E-state index in [1.165, 1.54) is 13.1 Å². The maximum atomic E-state index is 12.0. The van der Waals surface area contributed by atoms with Gasteiger partial charge < -0.3 is 10.6 Å². The van der Waals surface area contributed by atoms with E-state index >= 15 is 0 Å². The van der Waals surface area contributed by atoms with Gasteiger partial charge in [0.1, 0.15) is 0 Å². The minimum Gasteiger partial charge on any atom is -0.326 e. The zero-order valence-electron chi connectivity index (χ0n) is 11.2. The lowest BCUT2D eigenvalue weighted by Crippen LogP contribution is -2.14. The second-order valence-corrected chi connectivity index (χ2v) is 4.22. The van der Waals surface area contributed by atoms with Crippen LogP contribution in [-0.2, 0) is 11.2 Å². The minimum atomic E-state index is -0.353. The van der Waals surface area contributed by atoms with Crippen molar-refractivity contribution < 1.29 is 9.59 Å². The molecule has 3 N–H and O–H groups in total. The van der Waals surface area contributed by atoms with Gasteiger partial charge in [-0.15, -0.1) is 0 Å². The highest BCUT2D eigenvalue weighted by Crippen LogP contribution is 2.22. The predicted molar refractivity (Wildman–Crippen MR) is 74.5 cm³/mol. The molecule has 7 nitrogen and oxygen atoms in total. The van der Waals surface area contributed by atoms with E-state index in [-0.39, 0.29) is 17.5 Å². The van der Waals surface area contributed by atoms with Gasteiger partial charge in [0.25, 0.3) is 5.91 Å². The van der Waals surface area contributed by atoms with Crippen molar-refractivity contribution in [3.05, 3.63) is 35.7 Å². The predicted octanol–water partition coefficient (Wildman–Crippen LogP) is 1.58. The number of hydrogen-bond donors (Lipinski definition) is 3. The fourth-order valence-corrected chi connectivity index (χ4v) is 1.78. The number of carbonyl (C=O) groups is 2. The molecule has 0 unspecified atom stereocenters. The van der Waals surface area contributed by atoms with Gasteiger partial charge in [-0.1, -0.05) is 13.0 Å². The van der Waals surface area contributed by atoms with Crippen LogP contribution in [0.25, 0.3) is 0 Å². The van der Waals surface area contributed by atoms with E-state index < -0.39 is 0 Å². The zero-order valence-corrected chi connectivity index (χ0v) is 11.2. The summed E-state index contributed by atoms with van der Waals surface area (Å²) in [6, 6.07) is 5.38. The third-order valence-corrected chi connectivity index (χ3v) is 2.71. The summed E-state index contributed by atoms with van der Waals surface area (Å²) in [7, 11) is 0. The molecule has 1 aromatic carbocycles. The molecule has 20 heavy (non-hydrogen) atoms. The van der Waals surface area contributed by atoms with E-state index in [1.807, 2.05) is 13.0 Å². The van der Waals surface area contributed by atoms with Gasteiger partial charge in [0.2, 0.25) is 5.91 Å². The molecule has 0 fully saturated rings. The average molecular weight is 273 g/mol. The lowest BCUT2D eigenvalue weighted by atomic mass is 10.1. The summed E-state index contributed by atoms with van der Waals surface area (Å²) in [5, 5.41) is 15.1. The average Bonchev–Trinajstić information content (AvgIpc) is 2.92. The number of anilines is 2. The number of aryl methyl sites for hydroxylation is 1. The Morgan fingerprint density at radius 2 is 2.10 bits per heavy atom. The van der Waals surface area contributed by atoms with Gasteiger partial charge in [-0.05, 0) is 24.1 Å². The molecule has 0 aliphatic heterocycles. The summed E-state index contributed by atoms with van der Waals surface area (Å²) in [5.74, 6) is -0.517. The van der Waals surface area contributed by atoms with Crippen LogP contribution in [0, 0.1) is 0 Å². The molecule has 2 amide bonds. The Bertz CT molecular complexity index is 622. The first-order valence-electron chi connectivity index (χ1n) is 6.17. The highest BCUT2D eigenvalue weighted by molar-refractivity contribution is 6.03. The number of aromatic nitrogens is 3. The number of aromatic amines is 1. The Hall–Kier alpha value is -2.70. The molecule has 0 bridgehead atoms. The van der Waals surface area contributed by atoms with Crippen molar-refractivity contribution in [2.75, 3.05) is 10.6 Å². The zero-order chi connectivity index (χ0) is 14.5. The van der Waals surface area contributed by atoms with Gasteiger partial charge >= 0.3 is 0 Å². The maximum absolute atomic E-state index is 12.0. The number of benzene rings is 1. The first-order valence-corrected chi connectivity index (χ1v) is 6.17. The molecular formula is C13H15N5O2. The third-order valence-electron chi connectivity index (χ3n) is 2.71. The Morgan fingerprint density at radius 3 is 2.70 bits per heavy atom. The van der Waals surface area contributed by atoms with E-state index in [1.54, 1.807) is 12.1 Å². The Kier molecular flexibility index (Phi) is 4.09. The highest BCUT2D eigenvalue weighted by atomic mass is 16.2. The van der Waals surface area contributed by atoms with E-state index in [4.69, 9.17) is 0 Å². The number of nitrogens with zero attached hydrogens (tertiary/aromatic N) is 2. The van der Waals surface area contributed by atoms with Crippen LogP contribution in [-0.4, -0.2) is 27.2 Å². The third kappa shape index (κ3) is 3.19. The number of nitrogens with one attached hydrogen (secondary N) is 3. The SMILES string of the molecule is CCc1ccc(NC(C)=O)cc1NC(=O)c1cn[nH]n1. The van der Waals surface area contributed by atoms with Crippen molar-refractivity contribution in [1.82, 2.24) is 15.4 Å². The molecule has 0 saturated heterocycles. The van der Waals surface area contributed by atoms with Crippen molar-refractivity contribution in [3.8, 4) is 0 Å². The fraction of sp³-hybridized carbons (Fsp3) is 0.231. The molecule has 2 aromatic rings. The molecule has 2 rings (SSSR count). The van der Waals surface area contributed by atoms with Gasteiger partial charge in [0, 0.05) is 18.3 Å². The monoisotopic (exact) mass is 273 g/mol. The molecule has 0 aliphatic carbocycles. The fourth-order valence-electron chi connectivity index (χ4n) is 1.78. The summed E-state index contributed by atoms with van der Waals surface area (Å²) in [4.78, 5) is 23.0. The Balaban J connectivity index is 2.24. The number of H-pyrrole nitrogens is 1. The standard InChI is InChI=1S/C13H15N5O2/c1-3-9-4-5-10(15-8(2)19)6-11(9)16-13(20)12-7-14-18-17-12/h4-7H,3H2,1-2H3,(H,15,19)(H,16,20)(H,14,17,18). The molecule has 0 aliphatic rings. The summed E-state index contributed by atoms with van der Waals surface area (Å²) >= 11 is 0. The van der Waals surface area contributed by atoms with E-state index in [0.29, 0.717) is 11.4 Å².